The van der Waals surface area contributed by atoms with Crippen molar-refractivity contribution in [3.8, 4) is 6.07 Å². The Bertz CT molecular complexity index is 518. The SMILES string of the molecule is CN1C2CCC1CC(C#N)(c1cc(Cl)nc(Cl)c1)C2. The average Bonchev–Trinajstić information content (AvgIpc) is 2.62. The smallest absolute Gasteiger partial charge is 0.131 e. The van der Waals surface area contributed by atoms with Gasteiger partial charge in [0, 0.05) is 12.1 Å². The molecule has 2 aliphatic heterocycles. The molecule has 1 aromatic rings. The van der Waals surface area contributed by atoms with Crippen molar-refractivity contribution < 1.29 is 0 Å². The van der Waals surface area contributed by atoms with Crippen LogP contribution in [-0.2, 0) is 5.41 Å². The van der Waals surface area contributed by atoms with Gasteiger partial charge in [0.2, 0.25) is 0 Å². The summed E-state index contributed by atoms with van der Waals surface area (Å²) in [5, 5.41) is 10.5. The number of aromatic nitrogens is 1. The summed E-state index contributed by atoms with van der Waals surface area (Å²) in [7, 11) is 2.16. The second-order valence-corrected chi connectivity index (χ2v) is 6.43. The van der Waals surface area contributed by atoms with Crippen molar-refractivity contribution in [3.05, 3.63) is 28.0 Å². The maximum atomic E-state index is 9.75. The van der Waals surface area contributed by atoms with Gasteiger partial charge in [-0.1, -0.05) is 23.2 Å². The minimum absolute atomic E-state index is 0.364. The van der Waals surface area contributed by atoms with Gasteiger partial charge >= 0.3 is 0 Å². The molecule has 0 radical (unpaired) electrons. The third kappa shape index (κ3) is 2.12. The molecule has 0 aliphatic carbocycles. The molecule has 2 bridgehead atoms. The van der Waals surface area contributed by atoms with E-state index in [4.69, 9.17) is 23.2 Å². The number of hydrogen-bond donors (Lipinski definition) is 0. The van der Waals surface area contributed by atoms with E-state index in [2.05, 4.69) is 23.0 Å². The van der Waals surface area contributed by atoms with Gasteiger partial charge in [0.15, 0.2) is 0 Å². The zero-order valence-electron chi connectivity index (χ0n) is 10.7. The van der Waals surface area contributed by atoms with Crippen LogP contribution in [0.5, 0.6) is 0 Å². The van der Waals surface area contributed by atoms with Crippen LogP contribution in [0.4, 0.5) is 0 Å². The highest BCUT2D eigenvalue weighted by molar-refractivity contribution is 6.32. The molecule has 3 nitrogen and oxygen atoms in total. The summed E-state index contributed by atoms with van der Waals surface area (Å²) in [4.78, 5) is 6.39. The van der Waals surface area contributed by atoms with E-state index in [1.54, 1.807) is 12.1 Å². The molecule has 2 atom stereocenters. The molecule has 0 aromatic carbocycles. The highest BCUT2D eigenvalue weighted by Gasteiger charge is 2.48. The van der Waals surface area contributed by atoms with Crippen molar-refractivity contribution >= 4 is 23.2 Å². The van der Waals surface area contributed by atoms with Crippen molar-refractivity contribution in [2.24, 2.45) is 0 Å². The van der Waals surface area contributed by atoms with Crippen LogP contribution >= 0.6 is 23.2 Å². The highest BCUT2D eigenvalue weighted by Crippen LogP contribution is 2.46. The van der Waals surface area contributed by atoms with Gasteiger partial charge < -0.3 is 4.90 Å². The van der Waals surface area contributed by atoms with Crippen molar-refractivity contribution in [1.29, 1.82) is 5.26 Å². The van der Waals surface area contributed by atoms with Crippen molar-refractivity contribution in [3.63, 3.8) is 0 Å². The predicted octanol–water partition coefficient (Wildman–Crippen LogP) is 3.41. The third-order valence-corrected chi connectivity index (χ3v) is 5.07. The lowest BCUT2D eigenvalue weighted by Crippen LogP contribution is -2.47. The Morgan fingerprint density at radius 1 is 1.26 bits per heavy atom. The molecule has 100 valence electrons. The Kier molecular flexibility index (Phi) is 3.21. The van der Waals surface area contributed by atoms with E-state index >= 15 is 0 Å². The van der Waals surface area contributed by atoms with Gasteiger partial charge in [0.05, 0.1) is 11.5 Å². The lowest BCUT2D eigenvalue weighted by molar-refractivity contribution is 0.135. The molecule has 19 heavy (non-hydrogen) atoms. The second kappa shape index (κ2) is 4.63. The monoisotopic (exact) mass is 295 g/mol. The van der Waals surface area contributed by atoms with Gasteiger partial charge in [-0.3, -0.25) is 0 Å². The van der Waals surface area contributed by atoms with E-state index in [0.29, 0.717) is 22.4 Å². The van der Waals surface area contributed by atoms with Crippen LogP contribution in [0.15, 0.2) is 12.1 Å². The highest BCUT2D eigenvalue weighted by atomic mass is 35.5. The molecule has 0 N–H and O–H groups in total. The summed E-state index contributed by atoms with van der Waals surface area (Å²) in [6.07, 6.45) is 4.06. The fourth-order valence-corrected chi connectivity index (χ4v) is 4.06. The quantitative estimate of drug-likeness (QED) is 0.746. The minimum atomic E-state index is -0.464. The average molecular weight is 296 g/mol. The maximum Gasteiger partial charge on any atom is 0.131 e. The van der Waals surface area contributed by atoms with Crippen LogP contribution < -0.4 is 0 Å². The van der Waals surface area contributed by atoms with Crippen molar-refractivity contribution in [2.75, 3.05) is 7.05 Å². The van der Waals surface area contributed by atoms with E-state index in [1.807, 2.05) is 0 Å². The lowest BCUT2D eigenvalue weighted by atomic mass is 9.71. The standard InChI is InChI=1S/C14H15Cl2N3/c1-19-10-2-3-11(19)7-14(6-10,8-17)9-4-12(15)18-13(16)5-9/h4-5,10-11H,2-3,6-7H2,1H3. The normalized spacial score (nSPS) is 34.2. The molecule has 2 aliphatic rings. The number of halogens is 2. The Labute approximate surface area is 123 Å². The molecule has 5 heteroatoms. The third-order valence-electron chi connectivity index (χ3n) is 4.68. The first kappa shape index (κ1) is 13.2. The summed E-state index contributed by atoms with van der Waals surface area (Å²) < 4.78 is 0. The number of hydrogen-bond acceptors (Lipinski definition) is 3. The molecular weight excluding hydrogens is 281 g/mol. The van der Waals surface area contributed by atoms with E-state index < -0.39 is 5.41 Å². The summed E-state index contributed by atoms with van der Waals surface area (Å²) >= 11 is 12.0. The maximum absolute atomic E-state index is 9.75. The van der Waals surface area contributed by atoms with Gasteiger partial charge in [0.1, 0.15) is 10.3 Å². The fraction of sp³-hybridized carbons (Fsp3) is 0.571. The topological polar surface area (TPSA) is 39.9 Å². The zero-order valence-corrected chi connectivity index (χ0v) is 12.2. The first-order valence-electron chi connectivity index (χ1n) is 6.51. The first-order valence-corrected chi connectivity index (χ1v) is 7.26. The van der Waals surface area contributed by atoms with Crippen molar-refractivity contribution in [2.45, 2.75) is 43.2 Å². The molecule has 0 amide bonds. The van der Waals surface area contributed by atoms with Crippen molar-refractivity contribution in [1.82, 2.24) is 9.88 Å². The van der Waals surface area contributed by atoms with Crippen LogP contribution in [-0.4, -0.2) is 29.0 Å². The summed E-state index contributed by atoms with van der Waals surface area (Å²) in [6.45, 7) is 0. The van der Waals surface area contributed by atoms with E-state index in [0.717, 1.165) is 18.4 Å². The van der Waals surface area contributed by atoms with Crippen LogP contribution in [0.1, 0.15) is 31.2 Å². The molecular formula is C14H15Cl2N3. The number of piperidine rings is 1. The Morgan fingerprint density at radius 3 is 2.26 bits per heavy atom. The van der Waals surface area contributed by atoms with Gasteiger partial charge in [-0.25, -0.2) is 4.98 Å². The Morgan fingerprint density at radius 2 is 1.79 bits per heavy atom. The molecule has 1 aromatic heterocycles. The van der Waals surface area contributed by atoms with Gasteiger partial charge in [-0.15, -0.1) is 0 Å². The largest absolute Gasteiger partial charge is 0.300 e. The molecule has 0 saturated carbocycles. The van der Waals surface area contributed by atoms with Crippen LogP contribution in [0.2, 0.25) is 10.3 Å². The second-order valence-electron chi connectivity index (χ2n) is 5.65. The number of rotatable bonds is 1. The van der Waals surface area contributed by atoms with Crippen LogP contribution in [0.3, 0.4) is 0 Å². The number of nitrogens with zero attached hydrogens (tertiary/aromatic N) is 3. The molecule has 0 spiro atoms. The summed E-state index contributed by atoms with van der Waals surface area (Å²) in [5.41, 5.74) is 0.458. The summed E-state index contributed by atoms with van der Waals surface area (Å²) in [5.74, 6) is 0. The molecule has 2 fully saturated rings. The minimum Gasteiger partial charge on any atom is -0.300 e. The van der Waals surface area contributed by atoms with Gasteiger partial charge in [-0.2, -0.15) is 5.26 Å². The number of fused-ring (bicyclic) bond motifs is 2. The molecule has 3 rings (SSSR count). The predicted molar refractivity (Wildman–Crippen MR) is 75.4 cm³/mol. The van der Waals surface area contributed by atoms with E-state index in [1.165, 1.54) is 12.8 Å². The van der Waals surface area contributed by atoms with Gasteiger partial charge in [-0.05, 0) is 50.4 Å². The zero-order chi connectivity index (χ0) is 13.6. The van der Waals surface area contributed by atoms with Crippen LogP contribution in [0, 0.1) is 11.3 Å². The Hall–Kier alpha value is -0.820. The van der Waals surface area contributed by atoms with Crippen LogP contribution in [0.25, 0.3) is 0 Å². The summed E-state index contributed by atoms with van der Waals surface area (Å²) in [6, 6.07) is 7.10. The lowest BCUT2D eigenvalue weighted by Gasteiger charge is -2.41. The number of nitriles is 1. The van der Waals surface area contributed by atoms with E-state index in [-0.39, 0.29) is 0 Å². The molecule has 2 unspecified atom stereocenters. The first-order chi connectivity index (χ1) is 9.04. The molecule has 3 heterocycles. The van der Waals surface area contributed by atoms with Gasteiger partial charge in [0.25, 0.3) is 0 Å². The fourth-order valence-electron chi connectivity index (χ4n) is 3.60. The van der Waals surface area contributed by atoms with E-state index in [9.17, 15) is 5.26 Å². The molecule has 2 saturated heterocycles. The Balaban J connectivity index is 2.03. The number of pyridine rings is 1.